The zero-order chi connectivity index (χ0) is 16.1. The fourth-order valence-electron chi connectivity index (χ4n) is 1.99. The second kappa shape index (κ2) is 6.75. The maximum absolute atomic E-state index is 10.9. The van der Waals surface area contributed by atoms with E-state index in [4.69, 9.17) is 9.47 Å². The minimum Gasteiger partial charge on any atom is -0.497 e. The summed E-state index contributed by atoms with van der Waals surface area (Å²) in [5, 5.41) is 14.0. The van der Waals surface area contributed by atoms with Gasteiger partial charge in [-0.2, -0.15) is 0 Å². The maximum atomic E-state index is 10.9. The van der Waals surface area contributed by atoms with E-state index >= 15 is 0 Å². The quantitative estimate of drug-likeness (QED) is 0.652. The van der Waals surface area contributed by atoms with Gasteiger partial charge in [-0.3, -0.25) is 10.1 Å². The van der Waals surface area contributed by atoms with Crippen molar-refractivity contribution in [1.29, 1.82) is 0 Å². The normalized spacial score (nSPS) is 10.1. The summed E-state index contributed by atoms with van der Waals surface area (Å²) in [7, 11) is 3.16. The number of benzene rings is 1. The molecule has 0 amide bonds. The van der Waals surface area contributed by atoms with E-state index in [1.54, 1.807) is 27.2 Å². The van der Waals surface area contributed by atoms with Crippen LogP contribution in [0.1, 0.15) is 11.1 Å². The Kier molecular flexibility index (Phi) is 4.77. The van der Waals surface area contributed by atoms with Crippen molar-refractivity contribution in [2.75, 3.05) is 19.5 Å². The van der Waals surface area contributed by atoms with Crippen molar-refractivity contribution in [2.45, 2.75) is 13.5 Å². The van der Waals surface area contributed by atoms with Crippen molar-refractivity contribution >= 4 is 11.5 Å². The zero-order valence-corrected chi connectivity index (χ0v) is 12.6. The topological polar surface area (TPSA) is 86.5 Å². The molecule has 0 spiro atoms. The summed E-state index contributed by atoms with van der Waals surface area (Å²) in [6.45, 7) is 2.09. The number of nitro groups is 1. The van der Waals surface area contributed by atoms with Gasteiger partial charge >= 0.3 is 0 Å². The van der Waals surface area contributed by atoms with Gasteiger partial charge in [0.15, 0.2) is 0 Å². The van der Waals surface area contributed by atoms with Gasteiger partial charge in [-0.15, -0.1) is 0 Å². The third-order valence-corrected chi connectivity index (χ3v) is 3.23. The van der Waals surface area contributed by atoms with E-state index in [0.717, 1.165) is 5.56 Å². The molecule has 0 saturated carbocycles. The van der Waals surface area contributed by atoms with Gasteiger partial charge in [-0.25, -0.2) is 4.98 Å². The molecule has 7 nitrogen and oxygen atoms in total. The third-order valence-electron chi connectivity index (χ3n) is 3.23. The molecular weight excluding hydrogens is 286 g/mol. The summed E-state index contributed by atoms with van der Waals surface area (Å²) < 4.78 is 10.5. The standard InChI is InChI=1S/C15H17N3O4/c1-10-8-16-15(7-13(10)18(19)20)17-9-11-4-5-12(21-2)6-14(11)22-3/h4-8H,9H2,1-3H3,(H,16,17). The van der Waals surface area contributed by atoms with Crippen LogP contribution in [0.2, 0.25) is 0 Å². The van der Waals surface area contributed by atoms with Gasteiger partial charge in [0.2, 0.25) is 0 Å². The smallest absolute Gasteiger partial charge is 0.277 e. The summed E-state index contributed by atoms with van der Waals surface area (Å²) in [6.07, 6.45) is 1.48. The Morgan fingerprint density at radius 1 is 1.27 bits per heavy atom. The average Bonchev–Trinajstić information content (AvgIpc) is 2.53. The van der Waals surface area contributed by atoms with Crippen molar-refractivity contribution in [2.24, 2.45) is 0 Å². The summed E-state index contributed by atoms with van der Waals surface area (Å²) in [6, 6.07) is 6.89. The molecule has 0 unspecified atom stereocenters. The molecule has 2 aromatic rings. The van der Waals surface area contributed by atoms with Crippen LogP contribution in [-0.2, 0) is 6.54 Å². The number of ether oxygens (including phenoxy) is 2. The second-order valence-electron chi connectivity index (χ2n) is 4.64. The SMILES string of the molecule is COc1ccc(CNc2cc([N+](=O)[O-])c(C)cn2)c(OC)c1. The van der Waals surface area contributed by atoms with E-state index in [1.165, 1.54) is 12.3 Å². The highest BCUT2D eigenvalue weighted by Gasteiger charge is 2.12. The third kappa shape index (κ3) is 3.43. The molecule has 116 valence electrons. The predicted octanol–water partition coefficient (Wildman–Crippen LogP) is 2.93. The molecule has 0 bridgehead atoms. The highest BCUT2D eigenvalue weighted by Crippen LogP contribution is 2.26. The molecule has 1 aromatic carbocycles. The molecule has 1 aromatic heterocycles. The number of nitrogens with one attached hydrogen (secondary N) is 1. The van der Waals surface area contributed by atoms with E-state index in [0.29, 0.717) is 29.4 Å². The molecule has 0 fully saturated rings. The van der Waals surface area contributed by atoms with Gasteiger partial charge in [-0.05, 0) is 19.1 Å². The number of methoxy groups -OCH3 is 2. The maximum Gasteiger partial charge on any atom is 0.277 e. The predicted molar refractivity (Wildman–Crippen MR) is 82.5 cm³/mol. The molecular formula is C15H17N3O4. The van der Waals surface area contributed by atoms with Crippen LogP contribution >= 0.6 is 0 Å². The Hall–Kier alpha value is -2.83. The lowest BCUT2D eigenvalue weighted by atomic mass is 10.2. The van der Waals surface area contributed by atoms with Crippen LogP contribution in [0.25, 0.3) is 0 Å². The van der Waals surface area contributed by atoms with Crippen molar-refractivity contribution in [1.82, 2.24) is 4.98 Å². The monoisotopic (exact) mass is 303 g/mol. The Bertz CT molecular complexity index is 688. The first-order chi connectivity index (χ1) is 10.5. The minimum absolute atomic E-state index is 0.0409. The van der Waals surface area contributed by atoms with Crippen molar-refractivity contribution in [3.8, 4) is 11.5 Å². The first-order valence-corrected chi connectivity index (χ1v) is 6.61. The van der Waals surface area contributed by atoms with E-state index in [-0.39, 0.29) is 5.69 Å². The number of nitrogens with zero attached hydrogens (tertiary/aromatic N) is 2. The minimum atomic E-state index is -0.420. The summed E-state index contributed by atoms with van der Waals surface area (Å²) in [5.41, 5.74) is 1.46. The molecule has 22 heavy (non-hydrogen) atoms. The molecule has 0 aliphatic carbocycles. The first-order valence-electron chi connectivity index (χ1n) is 6.61. The van der Waals surface area contributed by atoms with Crippen LogP contribution in [0, 0.1) is 17.0 Å². The average molecular weight is 303 g/mol. The number of anilines is 1. The summed E-state index contributed by atoms with van der Waals surface area (Å²) >= 11 is 0. The van der Waals surface area contributed by atoms with Crippen LogP contribution in [-0.4, -0.2) is 24.1 Å². The lowest BCUT2D eigenvalue weighted by molar-refractivity contribution is -0.385. The Morgan fingerprint density at radius 2 is 2.05 bits per heavy atom. The molecule has 0 atom stereocenters. The molecule has 2 rings (SSSR count). The van der Waals surface area contributed by atoms with Crippen LogP contribution in [0.15, 0.2) is 30.5 Å². The number of rotatable bonds is 6. The van der Waals surface area contributed by atoms with E-state index in [9.17, 15) is 10.1 Å². The number of aromatic nitrogens is 1. The molecule has 1 N–H and O–H groups in total. The van der Waals surface area contributed by atoms with Crippen molar-refractivity contribution in [3.05, 3.63) is 51.7 Å². The van der Waals surface area contributed by atoms with Crippen LogP contribution in [0.4, 0.5) is 11.5 Å². The van der Waals surface area contributed by atoms with E-state index < -0.39 is 4.92 Å². The molecule has 0 aliphatic rings. The second-order valence-corrected chi connectivity index (χ2v) is 4.64. The van der Waals surface area contributed by atoms with Gasteiger partial charge in [0, 0.05) is 29.9 Å². The van der Waals surface area contributed by atoms with Crippen LogP contribution < -0.4 is 14.8 Å². The summed E-state index contributed by atoms with van der Waals surface area (Å²) in [5.74, 6) is 1.81. The number of hydrogen-bond donors (Lipinski definition) is 1. The van der Waals surface area contributed by atoms with E-state index in [2.05, 4.69) is 10.3 Å². The first kappa shape index (κ1) is 15.6. The van der Waals surface area contributed by atoms with Gasteiger partial charge in [0.05, 0.1) is 25.2 Å². The van der Waals surface area contributed by atoms with Crippen LogP contribution in [0.5, 0.6) is 11.5 Å². The fraction of sp³-hybridized carbons (Fsp3) is 0.267. The van der Waals surface area contributed by atoms with Crippen LogP contribution in [0.3, 0.4) is 0 Å². The van der Waals surface area contributed by atoms with Gasteiger partial charge in [0.1, 0.15) is 17.3 Å². The van der Waals surface area contributed by atoms with Crippen molar-refractivity contribution in [3.63, 3.8) is 0 Å². The Labute approximate surface area is 128 Å². The van der Waals surface area contributed by atoms with Gasteiger partial charge in [0.25, 0.3) is 5.69 Å². The van der Waals surface area contributed by atoms with Gasteiger partial charge in [-0.1, -0.05) is 0 Å². The van der Waals surface area contributed by atoms with Gasteiger partial charge < -0.3 is 14.8 Å². The lowest BCUT2D eigenvalue weighted by Crippen LogP contribution is -2.04. The number of pyridine rings is 1. The number of hydrogen-bond acceptors (Lipinski definition) is 6. The largest absolute Gasteiger partial charge is 0.497 e. The molecule has 7 heteroatoms. The zero-order valence-electron chi connectivity index (χ0n) is 12.6. The van der Waals surface area contributed by atoms with Crippen molar-refractivity contribution < 1.29 is 14.4 Å². The number of aryl methyl sites for hydroxylation is 1. The highest BCUT2D eigenvalue weighted by atomic mass is 16.6. The molecule has 0 radical (unpaired) electrons. The lowest BCUT2D eigenvalue weighted by Gasteiger charge is -2.11. The summed E-state index contributed by atoms with van der Waals surface area (Å²) in [4.78, 5) is 14.7. The molecule has 0 aliphatic heterocycles. The highest BCUT2D eigenvalue weighted by molar-refractivity contribution is 5.50. The fourth-order valence-corrected chi connectivity index (χ4v) is 1.99. The Morgan fingerprint density at radius 3 is 2.68 bits per heavy atom. The molecule has 1 heterocycles. The van der Waals surface area contributed by atoms with E-state index in [1.807, 2.05) is 12.1 Å². The molecule has 0 saturated heterocycles. The Balaban J connectivity index is 2.16.